The van der Waals surface area contributed by atoms with E-state index in [0.717, 1.165) is 5.70 Å². The van der Waals surface area contributed by atoms with Crippen molar-refractivity contribution in [1.82, 2.24) is 5.32 Å². The molecule has 0 saturated heterocycles. The summed E-state index contributed by atoms with van der Waals surface area (Å²) >= 11 is 0. The number of rotatable bonds is 2. The van der Waals surface area contributed by atoms with Gasteiger partial charge in [-0.2, -0.15) is 0 Å². The number of allylic oxidation sites excluding steroid dienone is 4. The van der Waals surface area contributed by atoms with E-state index in [-0.39, 0.29) is 0 Å². The van der Waals surface area contributed by atoms with Crippen LogP contribution in [-0.4, -0.2) is 5.11 Å². The van der Waals surface area contributed by atoms with Crippen LogP contribution in [-0.2, 0) is 0 Å². The number of dihydropyridines is 1. The molecule has 0 fully saturated rings. The Morgan fingerprint density at radius 3 is 2.20 bits per heavy atom. The fourth-order valence-corrected chi connectivity index (χ4v) is 1.76. The molecule has 0 spiro atoms. The average Bonchev–Trinajstić information content (AvgIpc) is 2.39. The average molecular weight is 271 g/mol. The van der Waals surface area contributed by atoms with Crippen LogP contribution in [0.4, 0.5) is 0 Å². The summed E-state index contributed by atoms with van der Waals surface area (Å²) < 4.78 is 0. The molecule has 1 aliphatic rings. The second kappa shape index (κ2) is 7.59. The largest absolute Gasteiger partial charge is 0.508 e. The van der Waals surface area contributed by atoms with Gasteiger partial charge >= 0.3 is 0 Å². The Bertz CT molecular complexity index is 510. The van der Waals surface area contributed by atoms with Crippen molar-refractivity contribution >= 4 is 0 Å². The van der Waals surface area contributed by atoms with Crippen molar-refractivity contribution in [2.75, 3.05) is 0 Å². The first-order valence-electron chi connectivity index (χ1n) is 7.03. The van der Waals surface area contributed by atoms with Gasteiger partial charge in [0.25, 0.3) is 0 Å². The minimum Gasteiger partial charge on any atom is -0.508 e. The number of phenolic OH excluding ortho intramolecular Hbond substituents is 1. The van der Waals surface area contributed by atoms with Crippen LogP contribution >= 0.6 is 0 Å². The Morgan fingerprint density at radius 2 is 1.80 bits per heavy atom. The first-order valence-corrected chi connectivity index (χ1v) is 7.03. The number of benzene rings is 1. The standard InChI is InChI=1S/C9H13N.C9H12O/c1-7(2)9-6-4-5-8(3)10-9;1-7(2)8-4-3-5-9(10)6-8/h4-7,10H,3H2,1-2H3;3-7,10H,1-2H3. The molecule has 0 aromatic heterocycles. The van der Waals surface area contributed by atoms with Crippen LogP contribution in [0.25, 0.3) is 0 Å². The minimum atomic E-state index is 0.353. The van der Waals surface area contributed by atoms with Gasteiger partial charge in [0.05, 0.1) is 0 Å². The molecule has 2 nitrogen and oxygen atoms in total. The first-order chi connectivity index (χ1) is 9.40. The quantitative estimate of drug-likeness (QED) is 0.816. The molecule has 2 N–H and O–H groups in total. The van der Waals surface area contributed by atoms with Crippen LogP contribution in [0.3, 0.4) is 0 Å². The zero-order valence-corrected chi connectivity index (χ0v) is 12.9. The van der Waals surface area contributed by atoms with Gasteiger partial charge in [-0.1, -0.05) is 52.5 Å². The number of hydrogen-bond acceptors (Lipinski definition) is 2. The molecule has 1 heterocycles. The zero-order chi connectivity index (χ0) is 15.1. The second-order valence-corrected chi connectivity index (χ2v) is 5.54. The van der Waals surface area contributed by atoms with Gasteiger partial charge < -0.3 is 10.4 Å². The summed E-state index contributed by atoms with van der Waals surface area (Å²) in [4.78, 5) is 0. The highest BCUT2D eigenvalue weighted by Gasteiger charge is 2.03. The molecule has 0 unspecified atom stereocenters. The van der Waals surface area contributed by atoms with E-state index in [1.54, 1.807) is 12.1 Å². The van der Waals surface area contributed by atoms with E-state index in [4.69, 9.17) is 5.11 Å². The molecular weight excluding hydrogens is 246 g/mol. The van der Waals surface area contributed by atoms with E-state index in [9.17, 15) is 0 Å². The lowest BCUT2D eigenvalue weighted by Crippen LogP contribution is -2.16. The Labute approximate surface area is 122 Å². The van der Waals surface area contributed by atoms with Crippen molar-refractivity contribution in [3.8, 4) is 5.75 Å². The van der Waals surface area contributed by atoms with Gasteiger partial charge in [0.15, 0.2) is 0 Å². The van der Waals surface area contributed by atoms with Gasteiger partial charge in [0, 0.05) is 11.4 Å². The number of aromatic hydroxyl groups is 1. The fourth-order valence-electron chi connectivity index (χ4n) is 1.76. The molecule has 1 aliphatic heterocycles. The molecule has 1 aromatic rings. The van der Waals surface area contributed by atoms with Gasteiger partial charge in [0.2, 0.25) is 0 Å². The summed E-state index contributed by atoms with van der Waals surface area (Å²) in [5.41, 5.74) is 3.40. The van der Waals surface area contributed by atoms with Crippen molar-refractivity contribution in [2.45, 2.75) is 33.6 Å². The number of nitrogens with one attached hydrogen (secondary N) is 1. The summed E-state index contributed by atoms with van der Waals surface area (Å²) in [7, 11) is 0. The Hall–Kier alpha value is -1.96. The number of hydrogen-bond donors (Lipinski definition) is 2. The van der Waals surface area contributed by atoms with Crippen LogP contribution in [0.5, 0.6) is 5.75 Å². The van der Waals surface area contributed by atoms with E-state index in [0.29, 0.717) is 17.6 Å². The summed E-state index contributed by atoms with van der Waals surface area (Å²) in [6, 6.07) is 7.37. The maximum absolute atomic E-state index is 9.06. The SMILES string of the molecule is C=C1C=CC=C(C(C)C)N1.CC(C)c1cccc(O)c1. The molecule has 0 aliphatic carbocycles. The zero-order valence-electron chi connectivity index (χ0n) is 12.9. The molecule has 0 bridgehead atoms. The van der Waals surface area contributed by atoms with E-state index < -0.39 is 0 Å². The van der Waals surface area contributed by atoms with Gasteiger partial charge in [-0.25, -0.2) is 0 Å². The van der Waals surface area contributed by atoms with Crippen LogP contribution in [0.2, 0.25) is 0 Å². The molecule has 108 valence electrons. The Balaban J connectivity index is 0.000000200. The normalized spacial score (nSPS) is 13.7. The maximum Gasteiger partial charge on any atom is 0.115 e. The lowest BCUT2D eigenvalue weighted by Gasteiger charge is -2.16. The molecule has 0 atom stereocenters. The lowest BCUT2D eigenvalue weighted by molar-refractivity contribution is 0.474. The number of phenols is 1. The fraction of sp³-hybridized carbons (Fsp3) is 0.333. The van der Waals surface area contributed by atoms with Gasteiger partial charge in [-0.15, -0.1) is 0 Å². The highest BCUT2D eigenvalue weighted by atomic mass is 16.3. The van der Waals surface area contributed by atoms with E-state index >= 15 is 0 Å². The molecule has 0 amide bonds. The van der Waals surface area contributed by atoms with Crippen molar-refractivity contribution < 1.29 is 5.11 Å². The predicted octanol–water partition coefficient (Wildman–Crippen LogP) is 4.72. The van der Waals surface area contributed by atoms with Crippen LogP contribution in [0, 0.1) is 5.92 Å². The highest BCUT2D eigenvalue weighted by molar-refractivity contribution is 5.30. The lowest BCUT2D eigenvalue weighted by atomic mass is 10.0. The van der Waals surface area contributed by atoms with E-state index in [1.165, 1.54) is 11.3 Å². The van der Waals surface area contributed by atoms with Crippen molar-refractivity contribution in [1.29, 1.82) is 0 Å². The predicted molar refractivity (Wildman–Crippen MR) is 86.5 cm³/mol. The summed E-state index contributed by atoms with van der Waals surface area (Å²) in [5.74, 6) is 1.40. The van der Waals surface area contributed by atoms with Crippen molar-refractivity contribution in [3.05, 3.63) is 66.0 Å². The molecule has 1 aromatic carbocycles. The van der Waals surface area contributed by atoms with Crippen LogP contribution in [0.15, 0.2) is 60.5 Å². The Kier molecular flexibility index (Phi) is 6.10. The van der Waals surface area contributed by atoms with Crippen LogP contribution in [0.1, 0.15) is 39.2 Å². The summed E-state index contributed by atoms with van der Waals surface area (Å²) in [6.07, 6.45) is 6.07. The second-order valence-electron chi connectivity index (χ2n) is 5.54. The van der Waals surface area contributed by atoms with Gasteiger partial charge in [-0.3, -0.25) is 0 Å². The molecule has 0 radical (unpaired) electrons. The van der Waals surface area contributed by atoms with Gasteiger partial charge in [0.1, 0.15) is 5.75 Å². The Morgan fingerprint density at radius 1 is 1.10 bits per heavy atom. The van der Waals surface area contributed by atoms with Crippen LogP contribution < -0.4 is 5.32 Å². The molecule has 2 heteroatoms. The molecular formula is C18H25NO. The third-order valence-corrected chi connectivity index (χ3v) is 3.04. The summed E-state index contributed by atoms with van der Waals surface area (Å²) in [6.45, 7) is 12.3. The highest BCUT2D eigenvalue weighted by Crippen LogP contribution is 2.18. The topological polar surface area (TPSA) is 32.3 Å². The minimum absolute atomic E-state index is 0.353. The summed E-state index contributed by atoms with van der Waals surface area (Å²) in [5, 5.41) is 12.3. The van der Waals surface area contributed by atoms with Crippen molar-refractivity contribution in [3.63, 3.8) is 0 Å². The third kappa shape index (κ3) is 5.35. The first kappa shape index (κ1) is 16.1. The smallest absolute Gasteiger partial charge is 0.115 e. The molecule has 0 saturated carbocycles. The molecule has 2 rings (SSSR count). The van der Waals surface area contributed by atoms with Gasteiger partial charge in [-0.05, 0) is 41.7 Å². The monoisotopic (exact) mass is 271 g/mol. The maximum atomic E-state index is 9.06. The molecule has 20 heavy (non-hydrogen) atoms. The van der Waals surface area contributed by atoms with E-state index in [1.807, 2.05) is 24.3 Å². The van der Waals surface area contributed by atoms with Crippen molar-refractivity contribution in [2.24, 2.45) is 5.92 Å². The van der Waals surface area contributed by atoms with E-state index in [2.05, 4.69) is 45.7 Å². The third-order valence-electron chi connectivity index (χ3n) is 3.04.